The highest BCUT2D eigenvalue weighted by Crippen LogP contribution is 2.31. The third kappa shape index (κ3) is 3.66. The van der Waals surface area contributed by atoms with E-state index < -0.39 is 5.38 Å². The predicted octanol–water partition coefficient (Wildman–Crippen LogP) is 3.77. The smallest absolute Gasteiger partial charge is 0.245 e. The van der Waals surface area contributed by atoms with E-state index in [9.17, 15) is 4.79 Å². The zero-order valence-electron chi connectivity index (χ0n) is 12.0. The molecule has 0 bridgehead atoms. The molecule has 1 aliphatic rings. The molecule has 110 valence electrons. The first-order chi connectivity index (χ1) is 9.74. The summed E-state index contributed by atoms with van der Waals surface area (Å²) in [5.41, 5.74) is 0.769. The Hall–Kier alpha value is -1.22. The molecule has 3 nitrogen and oxygen atoms in total. The van der Waals surface area contributed by atoms with Crippen LogP contribution in [-0.4, -0.2) is 30.5 Å². The molecule has 2 rings (SSSR count). The number of benzene rings is 1. The van der Waals surface area contributed by atoms with Gasteiger partial charge in [0.1, 0.15) is 11.1 Å². The maximum atomic E-state index is 12.5. The quantitative estimate of drug-likeness (QED) is 0.791. The zero-order valence-corrected chi connectivity index (χ0v) is 12.7. The molecule has 1 saturated heterocycles. The number of halogens is 1. The van der Waals surface area contributed by atoms with Gasteiger partial charge in [0, 0.05) is 18.7 Å². The number of ether oxygens (including phenoxy) is 1. The number of hydrogen-bond acceptors (Lipinski definition) is 2. The highest BCUT2D eigenvalue weighted by atomic mass is 35.5. The van der Waals surface area contributed by atoms with Crippen molar-refractivity contribution < 1.29 is 9.53 Å². The van der Waals surface area contributed by atoms with Gasteiger partial charge in [-0.3, -0.25) is 4.79 Å². The van der Waals surface area contributed by atoms with Crippen molar-refractivity contribution in [1.29, 1.82) is 0 Å². The summed E-state index contributed by atoms with van der Waals surface area (Å²) >= 11 is 6.41. The Labute approximate surface area is 125 Å². The SMILES string of the molecule is CCOc1ccccc1C(Cl)C(=O)N1CCCCCC1. The summed E-state index contributed by atoms with van der Waals surface area (Å²) < 4.78 is 5.57. The molecule has 1 aromatic rings. The minimum Gasteiger partial charge on any atom is -0.494 e. The average molecular weight is 296 g/mol. The Morgan fingerprint density at radius 2 is 1.90 bits per heavy atom. The van der Waals surface area contributed by atoms with Gasteiger partial charge in [-0.2, -0.15) is 0 Å². The molecule has 1 amide bonds. The van der Waals surface area contributed by atoms with Crippen LogP contribution in [0.2, 0.25) is 0 Å². The van der Waals surface area contributed by atoms with Crippen molar-refractivity contribution >= 4 is 17.5 Å². The largest absolute Gasteiger partial charge is 0.494 e. The van der Waals surface area contributed by atoms with Crippen molar-refractivity contribution in [2.24, 2.45) is 0 Å². The van der Waals surface area contributed by atoms with Gasteiger partial charge in [0.15, 0.2) is 0 Å². The fourth-order valence-corrected chi connectivity index (χ4v) is 2.88. The molecule has 0 aromatic heterocycles. The Morgan fingerprint density at radius 3 is 2.55 bits per heavy atom. The van der Waals surface area contributed by atoms with Crippen LogP contribution in [0, 0.1) is 0 Å². The molecule has 0 saturated carbocycles. The number of amides is 1. The molecular weight excluding hydrogens is 274 g/mol. The lowest BCUT2D eigenvalue weighted by molar-refractivity contribution is -0.130. The van der Waals surface area contributed by atoms with E-state index in [1.54, 1.807) is 0 Å². The number of carbonyl (C=O) groups excluding carboxylic acids is 1. The lowest BCUT2D eigenvalue weighted by atomic mass is 10.1. The molecule has 0 aliphatic carbocycles. The number of rotatable bonds is 4. The number of para-hydroxylation sites is 1. The minimum atomic E-state index is -0.657. The molecule has 4 heteroatoms. The maximum Gasteiger partial charge on any atom is 0.245 e. The summed E-state index contributed by atoms with van der Waals surface area (Å²) in [7, 11) is 0. The minimum absolute atomic E-state index is 0.000666. The van der Waals surface area contributed by atoms with E-state index >= 15 is 0 Å². The van der Waals surface area contributed by atoms with Gasteiger partial charge < -0.3 is 9.64 Å². The van der Waals surface area contributed by atoms with E-state index in [1.165, 1.54) is 12.8 Å². The van der Waals surface area contributed by atoms with Crippen LogP contribution in [0.3, 0.4) is 0 Å². The maximum absolute atomic E-state index is 12.5. The van der Waals surface area contributed by atoms with Crippen LogP contribution in [0.4, 0.5) is 0 Å². The van der Waals surface area contributed by atoms with Crippen LogP contribution in [0.5, 0.6) is 5.75 Å². The second kappa shape index (κ2) is 7.53. The van der Waals surface area contributed by atoms with Gasteiger partial charge in [-0.05, 0) is 25.8 Å². The Kier molecular flexibility index (Phi) is 5.72. The van der Waals surface area contributed by atoms with Crippen LogP contribution in [0.1, 0.15) is 43.5 Å². The van der Waals surface area contributed by atoms with Crippen molar-refractivity contribution in [3.05, 3.63) is 29.8 Å². The monoisotopic (exact) mass is 295 g/mol. The summed E-state index contributed by atoms with van der Waals surface area (Å²) in [6, 6.07) is 7.53. The number of likely N-dealkylation sites (tertiary alicyclic amines) is 1. The molecule has 1 aromatic carbocycles. The number of hydrogen-bond donors (Lipinski definition) is 0. The van der Waals surface area contributed by atoms with Crippen molar-refractivity contribution in [2.75, 3.05) is 19.7 Å². The molecule has 1 unspecified atom stereocenters. The third-order valence-corrected chi connectivity index (χ3v) is 4.05. The summed E-state index contributed by atoms with van der Waals surface area (Å²) in [6.45, 7) is 4.13. The Balaban J connectivity index is 2.13. The van der Waals surface area contributed by atoms with Gasteiger partial charge in [0.2, 0.25) is 5.91 Å². The normalized spacial score (nSPS) is 17.4. The van der Waals surface area contributed by atoms with Crippen molar-refractivity contribution in [1.82, 2.24) is 4.90 Å². The van der Waals surface area contributed by atoms with E-state index in [1.807, 2.05) is 36.1 Å². The first-order valence-electron chi connectivity index (χ1n) is 7.38. The molecule has 20 heavy (non-hydrogen) atoms. The van der Waals surface area contributed by atoms with Crippen molar-refractivity contribution in [2.45, 2.75) is 38.0 Å². The van der Waals surface area contributed by atoms with Crippen LogP contribution >= 0.6 is 11.6 Å². The standard InChI is InChI=1S/C16H22ClNO2/c1-2-20-14-10-6-5-9-13(14)15(17)16(19)18-11-7-3-4-8-12-18/h5-6,9-10,15H,2-4,7-8,11-12H2,1H3. The van der Waals surface area contributed by atoms with E-state index in [4.69, 9.17) is 16.3 Å². The molecule has 0 radical (unpaired) electrons. The van der Waals surface area contributed by atoms with Crippen LogP contribution in [-0.2, 0) is 4.79 Å². The van der Waals surface area contributed by atoms with Gasteiger partial charge in [-0.1, -0.05) is 31.0 Å². The molecule has 1 heterocycles. The first-order valence-corrected chi connectivity index (χ1v) is 7.82. The van der Waals surface area contributed by atoms with E-state index in [0.717, 1.165) is 31.5 Å². The fraction of sp³-hybridized carbons (Fsp3) is 0.562. The summed E-state index contributed by atoms with van der Waals surface area (Å²) in [6.07, 6.45) is 4.55. The second-order valence-corrected chi connectivity index (χ2v) is 5.51. The van der Waals surface area contributed by atoms with Crippen molar-refractivity contribution in [3.63, 3.8) is 0 Å². The van der Waals surface area contributed by atoms with Crippen LogP contribution < -0.4 is 4.74 Å². The lowest BCUT2D eigenvalue weighted by Crippen LogP contribution is -2.34. The Morgan fingerprint density at radius 1 is 1.25 bits per heavy atom. The van der Waals surface area contributed by atoms with Crippen molar-refractivity contribution in [3.8, 4) is 5.75 Å². The molecule has 1 fully saturated rings. The third-order valence-electron chi connectivity index (χ3n) is 3.63. The fourth-order valence-electron chi connectivity index (χ4n) is 2.56. The van der Waals surface area contributed by atoms with Crippen LogP contribution in [0.25, 0.3) is 0 Å². The van der Waals surface area contributed by atoms with E-state index in [2.05, 4.69) is 0 Å². The second-order valence-electron chi connectivity index (χ2n) is 5.07. The average Bonchev–Trinajstić information content (AvgIpc) is 2.76. The lowest BCUT2D eigenvalue weighted by Gasteiger charge is -2.24. The van der Waals surface area contributed by atoms with Gasteiger partial charge in [-0.15, -0.1) is 11.6 Å². The molecule has 1 aliphatic heterocycles. The van der Waals surface area contributed by atoms with Gasteiger partial charge in [-0.25, -0.2) is 0 Å². The highest BCUT2D eigenvalue weighted by Gasteiger charge is 2.26. The summed E-state index contributed by atoms with van der Waals surface area (Å²) in [5, 5.41) is -0.657. The van der Waals surface area contributed by atoms with E-state index in [0.29, 0.717) is 12.4 Å². The topological polar surface area (TPSA) is 29.5 Å². The predicted molar refractivity (Wildman–Crippen MR) is 81.3 cm³/mol. The van der Waals surface area contributed by atoms with Gasteiger partial charge >= 0.3 is 0 Å². The summed E-state index contributed by atoms with van der Waals surface area (Å²) in [5.74, 6) is 0.707. The van der Waals surface area contributed by atoms with Gasteiger partial charge in [0.05, 0.1) is 6.61 Å². The summed E-state index contributed by atoms with van der Waals surface area (Å²) in [4.78, 5) is 14.4. The van der Waals surface area contributed by atoms with Crippen LogP contribution in [0.15, 0.2) is 24.3 Å². The molecular formula is C16H22ClNO2. The Bertz CT molecular complexity index is 442. The van der Waals surface area contributed by atoms with E-state index in [-0.39, 0.29) is 5.91 Å². The molecule has 0 N–H and O–H groups in total. The highest BCUT2D eigenvalue weighted by molar-refractivity contribution is 6.31. The molecule has 1 atom stereocenters. The first kappa shape index (κ1) is 15.2. The molecule has 0 spiro atoms. The zero-order chi connectivity index (χ0) is 14.4. The van der Waals surface area contributed by atoms with Gasteiger partial charge in [0.25, 0.3) is 0 Å². The number of nitrogens with zero attached hydrogens (tertiary/aromatic N) is 1. The number of alkyl halides is 1. The number of carbonyl (C=O) groups is 1.